The van der Waals surface area contributed by atoms with Gasteiger partial charge in [0, 0.05) is 19.2 Å². The number of furan rings is 1. The third-order valence-corrected chi connectivity index (χ3v) is 4.46. The maximum Gasteiger partial charge on any atom is 0.276 e. The number of aryl methyl sites for hydroxylation is 2. The van der Waals surface area contributed by atoms with Crippen molar-refractivity contribution in [2.75, 3.05) is 26.3 Å². The summed E-state index contributed by atoms with van der Waals surface area (Å²) in [5.74, 6) is 0.645. The molecule has 0 aromatic carbocycles. The van der Waals surface area contributed by atoms with Crippen LogP contribution in [0.5, 0.6) is 0 Å². The number of sulfonamides is 1. The summed E-state index contributed by atoms with van der Waals surface area (Å²) in [6.45, 7) is 5.25. The second-order valence-corrected chi connectivity index (χ2v) is 5.69. The van der Waals surface area contributed by atoms with Gasteiger partial charge in [0.25, 0.3) is 10.0 Å². The highest BCUT2D eigenvalue weighted by atomic mass is 32.2. The highest BCUT2D eigenvalue weighted by molar-refractivity contribution is 7.89. The van der Waals surface area contributed by atoms with Gasteiger partial charge in [0.2, 0.25) is 5.09 Å². The summed E-state index contributed by atoms with van der Waals surface area (Å²) in [6, 6.07) is 1.57. The van der Waals surface area contributed by atoms with Crippen LogP contribution in [0.1, 0.15) is 11.3 Å². The van der Waals surface area contributed by atoms with E-state index >= 15 is 0 Å². The molecule has 1 aromatic heterocycles. The van der Waals surface area contributed by atoms with E-state index < -0.39 is 10.0 Å². The third-order valence-electron chi connectivity index (χ3n) is 2.71. The molecule has 90 valence electrons. The summed E-state index contributed by atoms with van der Waals surface area (Å²) in [5, 5.41) is 0.0319. The Morgan fingerprint density at radius 1 is 1.25 bits per heavy atom. The van der Waals surface area contributed by atoms with Crippen molar-refractivity contribution >= 4 is 10.0 Å². The van der Waals surface area contributed by atoms with Crippen LogP contribution >= 0.6 is 0 Å². The fraction of sp³-hybridized carbons (Fsp3) is 0.600. The molecule has 0 N–H and O–H groups in total. The Hall–Kier alpha value is -0.850. The van der Waals surface area contributed by atoms with Crippen LogP contribution in [-0.2, 0) is 14.8 Å². The SMILES string of the molecule is Cc1cc(S(=O)(=O)N2CCOCC2)oc1C. The van der Waals surface area contributed by atoms with Crippen LogP contribution in [-0.4, -0.2) is 39.0 Å². The zero-order valence-electron chi connectivity index (χ0n) is 9.39. The Labute approximate surface area is 95.0 Å². The highest BCUT2D eigenvalue weighted by Gasteiger charge is 2.29. The summed E-state index contributed by atoms with van der Waals surface area (Å²) in [4.78, 5) is 0. The van der Waals surface area contributed by atoms with Crippen LogP contribution < -0.4 is 0 Å². The standard InChI is InChI=1S/C10H15NO4S/c1-8-7-10(15-9(8)2)16(12,13)11-3-5-14-6-4-11/h7H,3-6H2,1-2H3. The molecule has 0 aliphatic carbocycles. The highest BCUT2D eigenvalue weighted by Crippen LogP contribution is 2.22. The monoisotopic (exact) mass is 245 g/mol. The molecule has 1 aromatic rings. The topological polar surface area (TPSA) is 59.8 Å². The van der Waals surface area contributed by atoms with Crippen LogP contribution in [0.4, 0.5) is 0 Å². The molecule has 1 aliphatic heterocycles. The second-order valence-electron chi connectivity index (χ2n) is 3.82. The van der Waals surface area contributed by atoms with E-state index in [1.54, 1.807) is 13.0 Å². The molecule has 0 bridgehead atoms. The molecule has 16 heavy (non-hydrogen) atoms. The lowest BCUT2D eigenvalue weighted by molar-refractivity contribution is 0.0724. The van der Waals surface area contributed by atoms with Crippen LogP contribution in [0.2, 0.25) is 0 Å². The predicted octanol–water partition coefficient (Wildman–Crippen LogP) is 0.917. The number of hydrogen-bond acceptors (Lipinski definition) is 4. The van der Waals surface area contributed by atoms with Crippen molar-refractivity contribution in [3.05, 3.63) is 17.4 Å². The average Bonchev–Trinajstić information content (AvgIpc) is 2.61. The van der Waals surface area contributed by atoms with Gasteiger partial charge >= 0.3 is 0 Å². The first-order chi connectivity index (χ1) is 7.51. The molecule has 1 aliphatic rings. The molecule has 0 atom stereocenters. The zero-order valence-corrected chi connectivity index (χ0v) is 10.2. The third kappa shape index (κ3) is 2.00. The number of rotatable bonds is 2. The minimum atomic E-state index is -3.48. The van der Waals surface area contributed by atoms with E-state index in [9.17, 15) is 8.42 Å². The minimum Gasteiger partial charge on any atom is -0.448 e. The summed E-state index contributed by atoms with van der Waals surface area (Å²) < 4.78 is 36.0. The Morgan fingerprint density at radius 3 is 2.38 bits per heavy atom. The second kappa shape index (κ2) is 4.20. The van der Waals surface area contributed by atoms with Gasteiger partial charge in [0.1, 0.15) is 5.76 Å². The van der Waals surface area contributed by atoms with E-state index in [1.807, 2.05) is 6.92 Å². The first kappa shape index (κ1) is 11.6. The van der Waals surface area contributed by atoms with Crippen LogP contribution in [0.3, 0.4) is 0 Å². The Balaban J connectivity index is 2.30. The molecule has 2 heterocycles. The van der Waals surface area contributed by atoms with E-state index in [-0.39, 0.29) is 5.09 Å². The molecule has 1 saturated heterocycles. The summed E-state index contributed by atoms with van der Waals surface area (Å²) >= 11 is 0. The zero-order chi connectivity index (χ0) is 11.8. The van der Waals surface area contributed by atoms with Gasteiger partial charge in [0.05, 0.1) is 13.2 Å². The molecule has 0 unspecified atom stereocenters. The molecule has 5 nitrogen and oxygen atoms in total. The van der Waals surface area contributed by atoms with Gasteiger partial charge in [-0.1, -0.05) is 0 Å². The maximum absolute atomic E-state index is 12.1. The fourth-order valence-corrected chi connectivity index (χ4v) is 3.02. The van der Waals surface area contributed by atoms with Gasteiger partial charge in [-0.2, -0.15) is 4.31 Å². The molecular formula is C10H15NO4S. The van der Waals surface area contributed by atoms with E-state index in [2.05, 4.69) is 0 Å². The van der Waals surface area contributed by atoms with Crippen molar-refractivity contribution in [3.8, 4) is 0 Å². The van der Waals surface area contributed by atoms with Gasteiger partial charge in [-0.15, -0.1) is 0 Å². The van der Waals surface area contributed by atoms with E-state index in [0.717, 1.165) is 5.56 Å². The predicted molar refractivity (Wildman–Crippen MR) is 57.8 cm³/mol. The van der Waals surface area contributed by atoms with Crippen LogP contribution in [0.15, 0.2) is 15.6 Å². The van der Waals surface area contributed by atoms with Gasteiger partial charge in [0.15, 0.2) is 0 Å². The Bertz CT molecular complexity index is 452. The lowest BCUT2D eigenvalue weighted by atomic mass is 10.3. The average molecular weight is 245 g/mol. The largest absolute Gasteiger partial charge is 0.448 e. The molecule has 0 spiro atoms. The van der Waals surface area contributed by atoms with Crippen molar-refractivity contribution in [2.45, 2.75) is 18.9 Å². The smallest absolute Gasteiger partial charge is 0.276 e. The van der Waals surface area contributed by atoms with Crippen molar-refractivity contribution in [1.29, 1.82) is 0 Å². The summed E-state index contributed by atoms with van der Waals surface area (Å²) in [7, 11) is -3.48. The van der Waals surface area contributed by atoms with E-state index in [1.165, 1.54) is 4.31 Å². The first-order valence-corrected chi connectivity index (χ1v) is 6.61. The number of nitrogens with zero attached hydrogens (tertiary/aromatic N) is 1. The molecule has 0 amide bonds. The van der Waals surface area contributed by atoms with Gasteiger partial charge < -0.3 is 9.15 Å². The molecular weight excluding hydrogens is 230 g/mol. The molecule has 1 fully saturated rings. The fourth-order valence-electron chi connectivity index (χ4n) is 1.58. The lowest BCUT2D eigenvalue weighted by Crippen LogP contribution is -2.40. The maximum atomic E-state index is 12.1. The number of hydrogen-bond donors (Lipinski definition) is 0. The number of morpholine rings is 1. The van der Waals surface area contributed by atoms with Gasteiger partial charge in [-0.3, -0.25) is 0 Å². The van der Waals surface area contributed by atoms with Crippen molar-refractivity contribution in [3.63, 3.8) is 0 Å². The quantitative estimate of drug-likeness (QED) is 0.777. The summed E-state index contributed by atoms with van der Waals surface area (Å²) in [6.07, 6.45) is 0. The Kier molecular flexibility index (Phi) is 3.05. The van der Waals surface area contributed by atoms with Crippen molar-refractivity contribution in [1.82, 2.24) is 4.31 Å². The number of ether oxygens (including phenoxy) is 1. The Morgan fingerprint density at radius 2 is 1.88 bits per heavy atom. The van der Waals surface area contributed by atoms with Crippen LogP contribution in [0, 0.1) is 13.8 Å². The molecule has 2 rings (SSSR count). The first-order valence-electron chi connectivity index (χ1n) is 5.17. The minimum absolute atomic E-state index is 0.0319. The summed E-state index contributed by atoms with van der Waals surface area (Å²) in [5.41, 5.74) is 0.854. The van der Waals surface area contributed by atoms with E-state index in [4.69, 9.17) is 9.15 Å². The molecule has 6 heteroatoms. The van der Waals surface area contributed by atoms with E-state index in [0.29, 0.717) is 32.1 Å². The van der Waals surface area contributed by atoms with Crippen molar-refractivity contribution < 1.29 is 17.6 Å². The lowest BCUT2D eigenvalue weighted by Gasteiger charge is -2.24. The van der Waals surface area contributed by atoms with Gasteiger partial charge in [-0.25, -0.2) is 8.42 Å². The van der Waals surface area contributed by atoms with Crippen molar-refractivity contribution in [2.24, 2.45) is 0 Å². The molecule has 0 radical (unpaired) electrons. The van der Waals surface area contributed by atoms with Gasteiger partial charge in [-0.05, 0) is 19.4 Å². The molecule has 0 saturated carbocycles. The normalized spacial score (nSPS) is 18.9. The van der Waals surface area contributed by atoms with Crippen LogP contribution in [0.25, 0.3) is 0 Å².